The molecule has 0 unspecified atom stereocenters. The molecule has 2 heterocycles. The van der Waals surface area contributed by atoms with Crippen LogP contribution in [0.5, 0.6) is 5.75 Å². The van der Waals surface area contributed by atoms with Crippen LogP contribution in [0.15, 0.2) is 71.3 Å². The molecule has 0 aliphatic carbocycles. The summed E-state index contributed by atoms with van der Waals surface area (Å²) in [6.45, 7) is 3.32. The number of hydrogen-bond donors (Lipinski definition) is 1. The highest BCUT2D eigenvalue weighted by molar-refractivity contribution is 5.93. The molecule has 8 heteroatoms. The van der Waals surface area contributed by atoms with Crippen molar-refractivity contribution in [3.8, 4) is 17.1 Å². The Labute approximate surface area is 191 Å². The van der Waals surface area contributed by atoms with Crippen LogP contribution in [-0.2, 0) is 6.54 Å². The Balaban J connectivity index is 1.14. The summed E-state index contributed by atoms with van der Waals surface area (Å²) in [5.41, 5.74) is 1.68. The Morgan fingerprint density at radius 1 is 1.00 bits per heavy atom. The van der Waals surface area contributed by atoms with E-state index in [1.54, 1.807) is 7.11 Å². The Bertz CT molecular complexity index is 1250. The average Bonchev–Trinajstić information content (AvgIpc) is 3.33. The van der Waals surface area contributed by atoms with Crippen LogP contribution in [0.25, 0.3) is 22.2 Å². The lowest BCUT2D eigenvalue weighted by Crippen LogP contribution is -2.49. The molecule has 4 aromatic rings. The fourth-order valence-electron chi connectivity index (χ4n) is 3.95. The molecule has 1 N–H and O–H groups in total. The van der Waals surface area contributed by atoms with Gasteiger partial charge in [0, 0.05) is 37.4 Å². The van der Waals surface area contributed by atoms with E-state index in [2.05, 4.69) is 26.4 Å². The highest BCUT2D eigenvalue weighted by Gasteiger charge is 2.23. The third kappa shape index (κ3) is 4.80. The molecule has 2 amide bonds. The predicted molar refractivity (Wildman–Crippen MR) is 126 cm³/mol. The number of fused-ring (bicyclic) bond motifs is 1. The van der Waals surface area contributed by atoms with E-state index in [0.29, 0.717) is 31.3 Å². The number of rotatable bonds is 5. The van der Waals surface area contributed by atoms with E-state index >= 15 is 0 Å². The lowest BCUT2D eigenvalue weighted by atomic mass is 10.1. The molecule has 1 aliphatic rings. The van der Waals surface area contributed by atoms with Crippen LogP contribution in [0.3, 0.4) is 0 Å². The molecule has 1 saturated heterocycles. The monoisotopic (exact) mass is 443 g/mol. The molecule has 1 aliphatic heterocycles. The van der Waals surface area contributed by atoms with E-state index in [9.17, 15) is 4.79 Å². The molecule has 8 nitrogen and oxygen atoms in total. The minimum atomic E-state index is -0.0792. The van der Waals surface area contributed by atoms with Gasteiger partial charge in [0.25, 0.3) is 0 Å². The van der Waals surface area contributed by atoms with E-state index in [0.717, 1.165) is 40.9 Å². The number of methoxy groups -OCH3 is 1. The number of carbonyl (C=O) groups excluding carboxylic acids is 1. The Kier molecular flexibility index (Phi) is 5.91. The van der Waals surface area contributed by atoms with Crippen LogP contribution in [0, 0.1) is 0 Å². The second-order valence-corrected chi connectivity index (χ2v) is 8.00. The lowest BCUT2D eigenvalue weighted by Gasteiger charge is -2.33. The van der Waals surface area contributed by atoms with Crippen LogP contribution in [-0.4, -0.2) is 59.3 Å². The van der Waals surface area contributed by atoms with E-state index in [1.807, 2.05) is 65.6 Å². The van der Waals surface area contributed by atoms with Gasteiger partial charge in [-0.15, -0.1) is 0 Å². The van der Waals surface area contributed by atoms with Gasteiger partial charge in [0.15, 0.2) is 0 Å². The average molecular weight is 444 g/mol. The number of hydrogen-bond acceptors (Lipinski definition) is 6. The molecular formula is C25H25N5O3. The SMILES string of the molecule is COc1ccc(-c2noc(CN3CCN(C(=O)Nc4ccc5ccccc5c4)CC3)n2)cc1. The van der Waals surface area contributed by atoms with Crippen LogP contribution in [0.1, 0.15) is 5.89 Å². The van der Waals surface area contributed by atoms with Crippen molar-refractivity contribution in [2.45, 2.75) is 6.54 Å². The zero-order valence-corrected chi connectivity index (χ0v) is 18.4. The van der Waals surface area contributed by atoms with Crippen molar-refractivity contribution < 1.29 is 14.1 Å². The zero-order chi connectivity index (χ0) is 22.6. The first kappa shape index (κ1) is 21.0. The van der Waals surface area contributed by atoms with Crippen LogP contribution < -0.4 is 10.1 Å². The Morgan fingerprint density at radius 3 is 2.52 bits per heavy atom. The molecule has 0 spiro atoms. The molecule has 0 bridgehead atoms. The molecule has 1 fully saturated rings. The molecule has 0 radical (unpaired) electrons. The van der Waals surface area contributed by atoms with E-state index in [4.69, 9.17) is 9.26 Å². The molecule has 5 rings (SSSR count). The van der Waals surface area contributed by atoms with Gasteiger partial charge in [-0.05, 0) is 47.2 Å². The molecule has 0 saturated carbocycles. The van der Waals surface area contributed by atoms with Gasteiger partial charge in [-0.25, -0.2) is 4.79 Å². The summed E-state index contributed by atoms with van der Waals surface area (Å²) in [7, 11) is 1.63. The standard InChI is InChI=1S/C25H25N5O3/c1-32-22-10-7-19(8-11-22)24-27-23(33-28-24)17-29-12-14-30(15-13-29)25(31)26-21-9-6-18-4-2-3-5-20(18)16-21/h2-11,16H,12-15,17H2,1H3,(H,26,31). The summed E-state index contributed by atoms with van der Waals surface area (Å²) in [6, 6.07) is 21.5. The fraction of sp³-hybridized carbons (Fsp3) is 0.240. The number of nitrogens with one attached hydrogen (secondary N) is 1. The van der Waals surface area contributed by atoms with E-state index in [-0.39, 0.29) is 6.03 Å². The van der Waals surface area contributed by atoms with E-state index < -0.39 is 0 Å². The van der Waals surface area contributed by atoms with Crippen molar-refractivity contribution >= 4 is 22.5 Å². The summed E-state index contributed by atoms with van der Waals surface area (Å²) in [4.78, 5) is 21.3. The lowest BCUT2D eigenvalue weighted by molar-refractivity contribution is 0.133. The van der Waals surface area contributed by atoms with Gasteiger partial charge in [0.1, 0.15) is 5.75 Å². The third-order valence-electron chi connectivity index (χ3n) is 5.84. The van der Waals surface area contributed by atoms with Gasteiger partial charge in [-0.1, -0.05) is 35.5 Å². The first-order chi connectivity index (χ1) is 16.2. The molecule has 33 heavy (non-hydrogen) atoms. The smallest absolute Gasteiger partial charge is 0.321 e. The second-order valence-electron chi connectivity index (χ2n) is 8.00. The quantitative estimate of drug-likeness (QED) is 0.497. The van der Waals surface area contributed by atoms with Crippen molar-refractivity contribution in [1.29, 1.82) is 0 Å². The van der Waals surface area contributed by atoms with E-state index in [1.165, 1.54) is 0 Å². The van der Waals surface area contributed by atoms with Crippen molar-refractivity contribution in [2.24, 2.45) is 0 Å². The van der Waals surface area contributed by atoms with Crippen LogP contribution >= 0.6 is 0 Å². The third-order valence-corrected chi connectivity index (χ3v) is 5.84. The van der Waals surface area contributed by atoms with Gasteiger partial charge < -0.3 is 19.5 Å². The van der Waals surface area contributed by atoms with Crippen molar-refractivity contribution in [3.63, 3.8) is 0 Å². The number of nitrogens with zero attached hydrogens (tertiary/aromatic N) is 4. The Morgan fingerprint density at radius 2 is 1.76 bits per heavy atom. The largest absolute Gasteiger partial charge is 0.497 e. The van der Waals surface area contributed by atoms with Gasteiger partial charge >= 0.3 is 6.03 Å². The molecule has 168 valence electrons. The summed E-state index contributed by atoms with van der Waals surface area (Å²) in [5, 5.41) is 9.37. The van der Waals surface area contributed by atoms with Gasteiger partial charge in [0.05, 0.1) is 13.7 Å². The number of amides is 2. The second kappa shape index (κ2) is 9.30. The number of benzene rings is 3. The highest BCUT2D eigenvalue weighted by atomic mass is 16.5. The summed E-state index contributed by atoms with van der Waals surface area (Å²) >= 11 is 0. The minimum absolute atomic E-state index is 0.0792. The first-order valence-corrected chi connectivity index (χ1v) is 10.9. The van der Waals surface area contributed by atoms with Gasteiger partial charge in [-0.3, -0.25) is 4.90 Å². The predicted octanol–water partition coefficient (Wildman–Crippen LogP) is 4.25. The van der Waals surface area contributed by atoms with Crippen molar-refractivity contribution in [1.82, 2.24) is 19.9 Å². The normalized spacial score (nSPS) is 14.4. The number of carbonyl (C=O) groups is 1. The summed E-state index contributed by atoms with van der Waals surface area (Å²) in [5.74, 6) is 1.90. The van der Waals surface area contributed by atoms with Crippen LogP contribution in [0.4, 0.5) is 10.5 Å². The number of aromatic nitrogens is 2. The van der Waals surface area contributed by atoms with Crippen molar-refractivity contribution in [2.75, 3.05) is 38.6 Å². The number of piperazine rings is 1. The Hall–Kier alpha value is -3.91. The van der Waals surface area contributed by atoms with Gasteiger partial charge in [0.2, 0.25) is 11.7 Å². The molecule has 3 aromatic carbocycles. The number of anilines is 1. The topological polar surface area (TPSA) is 83.7 Å². The zero-order valence-electron chi connectivity index (χ0n) is 18.4. The maximum Gasteiger partial charge on any atom is 0.321 e. The summed E-state index contributed by atoms with van der Waals surface area (Å²) in [6.07, 6.45) is 0. The maximum atomic E-state index is 12.7. The van der Waals surface area contributed by atoms with Gasteiger partial charge in [-0.2, -0.15) is 4.98 Å². The number of urea groups is 1. The summed E-state index contributed by atoms with van der Waals surface area (Å²) < 4.78 is 10.6. The molecule has 0 atom stereocenters. The number of ether oxygens (including phenoxy) is 1. The fourth-order valence-corrected chi connectivity index (χ4v) is 3.95. The maximum absolute atomic E-state index is 12.7. The molecule has 1 aromatic heterocycles. The first-order valence-electron chi connectivity index (χ1n) is 10.9. The van der Waals surface area contributed by atoms with Crippen LogP contribution in [0.2, 0.25) is 0 Å². The van der Waals surface area contributed by atoms with Crippen molar-refractivity contribution in [3.05, 3.63) is 72.6 Å². The molecular weight excluding hydrogens is 418 g/mol. The highest BCUT2D eigenvalue weighted by Crippen LogP contribution is 2.21. The minimum Gasteiger partial charge on any atom is -0.497 e.